The van der Waals surface area contributed by atoms with Crippen molar-refractivity contribution in [2.45, 2.75) is 6.92 Å². The minimum absolute atomic E-state index is 0.0508. The molecule has 1 aromatic heterocycles. The van der Waals surface area contributed by atoms with Crippen molar-refractivity contribution < 1.29 is 9.59 Å². The Hall–Kier alpha value is -2.44. The quantitative estimate of drug-likeness (QED) is 0.895. The number of pyridine rings is 1. The van der Waals surface area contributed by atoms with Gasteiger partial charge < -0.3 is 10.2 Å². The predicted octanol–water partition coefficient (Wildman–Crippen LogP) is 2.44. The summed E-state index contributed by atoms with van der Waals surface area (Å²) in [6, 6.07) is 10.9. The van der Waals surface area contributed by atoms with Crippen LogP contribution in [0.5, 0.6) is 0 Å². The molecular weight excluding hydrogens is 352 g/mol. The van der Waals surface area contributed by atoms with Crippen molar-refractivity contribution in [2.75, 3.05) is 38.0 Å². The molecule has 1 aliphatic heterocycles. The van der Waals surface area contributed by atoms with Crippen LogP contribution in [0.15, 0.2) is 42.6 Å². The van der Waals surface area contributed by atoms with E-state index in [0.29, 0.717) is 43.4 Å². The Morgan fingerprint density at radius 3 is 2.46 bits per heavy atom. The molecule has 0 radical (unpaired) electrons. The van der Waals surface area contributed by atoms with Gasteiger partial charge in [0.05, 0.1) is 6.54 Å². The van der Waals surface area contributed by atoms with E-state index in [1.54, 1.807) is 17.0 Å². The number of piperazine rings is 1. The first kappa shape index (κ1) is 18.4. The maximum Gasteiger partial charge on any atom is 0.272 e. The third-order valence-corrected chi connectivity index (χ3v) is 4.54. The number of hydrogen-bond acceptors (Lipinski definition) is 4. The van der Waals surface area contributed by atoms with Crippen LogP contribution in [0.4, 0.5) is 5.69 Å². The summed E-state index contributed by atoms with van der Waals surface area (Å²) >= 11 is 5.92. The molecule has 136 valence electrons. The van der Waals surface area contributed by atoms with Crippen LogP contribution >= 0.6 is 11.6 Å². The molecule has 0 unspecified atom stereocenters. The van der Waals surface area contributed by atoms with Gasteiger partial charge in [-0.15, -0.1) is 0 Å². The van der Waals surface area contributed by atoms with Crippen molar-refractivity contribution in [1.29, 1.82) is 0 Å². The van der Waals surface area contributed by atoms with Crippen molar-refractivity contribution in [3.05, 3.63) is 58.9 Å². The number of aryl methyl sites for hydroxylation is 1. The molecular formula is C19H21ClN4O2. The number of nitrogens with zero attached hydrogens (tertiary/aromatic N) is 3. The number of amides is 2. The summed E-state index contributed by atoms with van der Waals surface area (Å²) < 4.78 is 0. The number of halogens is 1. The van der Waals surface area contributed by atoms with E-state index in [2.05, 4.69) is 10.3 Å². The molecule has 3 rings (SSSR count). The zero-order valence-corrected chi connectivity index (χ0v) is 15.4. The molecule has 0 saturated carbocycles. The molecule has 1 aliphatic rings. The molecule has 1 N–H and O–H groups in total. The summed E-state index contributed by atoms with van der Waals surface area (Å²) in [6.07, 6.45) is 1.53. The van der Waals surface area contributed by atoms with Crippen molar-refractivity contribution in [2.24, 2.45) is 0 Å². The summed E-state index contributed by atoms with van der Waals surface area (Å²) in [7, 11) is 0. The second-order valence-electron chi connectivity index (χ2n) is 6.34. The van der Waals surface area contributed by atoms with Gasteiger partial charge in [-0.05, 0) is 31.2 Å². The Bertz CT molecular complexity index is 786. The Labute approximate surface area is 157 Å². The minimum Gasteiger partial charge on any atom is -0.335 e. The number of anilines is 1. The molecule has 0 spiro atoms. The molecule has 26 heavy (non-hydrogen) atoms. The maximum absolute atomic E-state index is 12.5. The summed E-state index contributed by atoms with van der Waals surface area (Å²) in [5.41, 5.74) is 2.29. The summed E-state index contributed by atoms with van der Waals surface area (Å²) in [6.45, 7) is 4.73. The Morgan fingerprint density at radius 2 is 1.81 bits per heavy atom. The van der Waals surface area contributed by atoms with E-state index in [0.717, 1.165) is 11.3 Å². The topological polar surface area (TPSA) is 65.5 Å². The number of rotatable bonds is 4. The highest BCUT2D eigenvalue weighted by molar-refractivity contribution is 6.30. The van der Waals surface area contributed by atoms with E-state index in [4.69, 9.17) is 11.6 Å². The number of nitrogens with one attached hydrogen (secondary N) is 1. The summed E-state index contributed by atoms with van der Waals surface area (Å²) in [5.74, 6) is -0.179. The van der Waals surface area contributed by atoms with E-state index in [9.17, 15) is 9.59 Å². The summed E-state index contributed by atoms with van der Waals surface area (Å²) in [4.78, 5) is 32.5. The van der Waals surface area contributed by atoms with E-state index < -0.39 is 0 Å². The molecule has 0 atom stereocenters. The van der Waals surface area contributed by atoms with Crippen LogP contribution in [0.2, 0.25) is 5.02 Å². The van der Waals surface area contributed by atoms with Gasteiger partial charge in [-0.25, -0.2) is 0 Å². The normalized spacial score (nSPS) is 14.9. The molecule has 1 saturated heterocycles. The predicted molar refractivity (Wildman–Crippen MR) is 101 cm³/mol. The lowest BCUT2D eigenvalue weighted by Gasteiger charge is -2.34. The molecule has 7 heteroatoms. The van der Waals surface area contributed by atoms with E-state index in [1.807, 2.05) is 36.1 Å². The highest BCUT2D eigenvalue weighted by atomic mass is 35.5. The highest BCUT2D eigenvalue weighted by Crippen LogP contribution is 2.12. The zero-order valence-electron chi connectivity index (χ0n) is 14.6. The molecule has 2 heterocycles. The van der Waals surface area contributed by atoms with E-state index >= 15 is 0 Å². The average Bonchev–Trinajstić information content (AvgIpc) is 2.64. The molecule has 0 aliphatic carbocycles. The molecule has 0 bridgehead atoms. The van der Waals surface area contributed by atoms with Gasteiger partial charge in [0.25, 0.3) is 5.91 Å². The largest absolute Gasteiger partial charge is 0.335 e. The third kappa shape index (κ3) is 4.80. The maximum atomic E-state index is 12.5. The fourth-order valence-corrected chi connectivity index (χ4v) is 2.99. The van der Waals surface area contributed by atoms with Crippen LogP contribution in [0.1, 0.15) is 16.1 Å². The van der Waals surface area contributed by atoms with Gasteiger partial charge in [0.15, 0.2) is 0 Å². The van der Waals surface area contributed by atoms with Gasteiger partial charge in [0.1, 0.15) is 5.69 Å². The van der Waals surface area contributed by atoms with Crippen molar-refractivity contribution >= 4 is 29.1 Å². The smallest absolute Gasteiger partial charge is 0.272 e. The fraction of sp³-hybridized carbons (Fsp3) is 0.316. The number of carbonyl (C=O) groups excluding carboxylic acids is 2. The monoisotopic (exact) mass is 372 g/mol. The Morgan fingerprint density at radius 1 is 1.12 bits per heavy atom. The van der Waals surface area contributed by atoms with Crippen molar-refractivity contribution in [3.8, 4) is 0 Å². The Balaban J connectivity index is 1.48. The third-order valence-electron chi connectivity index (χ3n) is 4.30. The van der Waals surface area contributed by atoms with Crippen LogP contribution in [0.3, 0.4) is 0 Å². The standard InChI is InChI=1S/C19H21ClN4O2/c1-14-2-4-16(5-3-14)22-18(25)13-23-8-10-24(11-9-23)19(26)17-12-15(20)6-7-21-17/h2-7,12H,8-11,13H2,1H3,(H,22,25). The lowest BCUT2D eigenvalue weighted by molar-refractivity contribution is -0.117. The second kappa shape index (κ2) is 8.29. The second-order valence-corrected chi connectivity index (χ2v) is 6.78. The minimum atomic E-state index is -0.128. The fourth-order valence-electron chi connectivity index (χ4n) is 2.83. The van der Waals surface area contributed by atoms with Gasteiger partial charge in [0, 0.05) is 43.1 Å². The van der Waals surface area contributed by atoms with Gasteiger partial charge >= 0.3 is 0 Å². The van der Waals surface area contributed by atoms with E-state index in [-0.39, 0.29) is 11.8 Å². The first-order valence-electron chi connectivity index (χ1n) is 8.51. The molecule has 2 aromatic rings. The Kier molecular flexibility index (Phi) is 5.85. The van der Waals surface area contributed by atoms with Crippen LogP contribution in [0, 0.1) is 6.92 Å². The first-order valence-corrected chi connectivity index (χ1v) is 8.89. The lowest BCUT2D eigenvalue weighted by atomic mass is 10.2. The van der Waals surface area contributed by atoms with Crippen molar-refractivity contribution in [3.63, 3.8) is 0 Å². The average molecular weight is 373 g/mol. The SMILES string of the molecule is Cc1ccc(NC(=O)CN2CCN(C(=O)c3cc(Cl)ccn3)CC2)cc1. The van der Waals surface area contributed by atoms with Crippen LogP contribution < -0.4 is 5.32 Å². The van der Waals surface area contributed by atoms with Gasteiger partial charge in [-0.3, -0.25) is 19.5 Å². The number of aromatic nitrogens is 1. The zero-order chi connectivity index (χ0) is 18.5. The molecule has 1 aromatic carbocycles. The van der Waals surface area contributed by atoms with Crippen LogP contribution in [-0.2, 0) is 4.79 Å². The lowest BCUT2D eigenvalue weighted by Crippen LogP contribution is -2.50. The first-order chi connectivity index (χ1) is 12.5. The number of hydrogen-bond donors (Lipinski definition) is 1. The van der Waals surface area contributed by atoms with Crippen LogP contribution in [0.25, 0.3) is 0 Å². The highest BCUT2D eigenvalue weighted by Gasteiger charge is 2.24. The summed E-state index contributed by atoms with van der Waals surface area (Å²) in [5, 5.41) is 3.39. The number of carbonyl (C=O) groups is 2. The molecule has 6 nitrogen and oxygen atoms in total. The molecule has 2 amide bonds. The van der Waals surface area contributed by atoms with Crippen molar-refractivity contribution in [1.82, 2.24) is 14.8 Å². The van der Waals surface area contributed by atoms with Gasteiger partial charge in [0.2, 0.25) is 5.91 Å². The molecule has 1 fully saturated rings. The van der Waals surface area contributed by atoms with E-state index in [1.165, 1.54) is 6.20 Å². The van der Waals surface area contributed by atoms with Gasteiger partial charge in [-0.2, -0.15) is 0 Å². The number of benzene rings is 1. The van der Waals surface area contributed by atoms with Gasteiger partial charge in [-0.1, -0.05) is 29.3 Å². The van der Waals surface area contributed by atoms with Crippen LogP contribution in [-0.4, -0.2) is 59.3 Å².